The van der Waals surface area contributed by atoms with Gasteiger partial charge in [-0.15, -0.1) is 0 Å². The SMILES string of the molecule is CSc1nc2c(c(Oc3c(C)cc(C#N)cc3C)n1)C[NH2+]CC2. The van der Waals surface area contributed by atoms with E-state index in [9.17, 15) is 0 Å². The van der Waals surface area contributed by atoms with E-state index in [0.717, 1.165) is 52.8 Å². The van der Waals surface area contributed by atoms with Gasteiger partial charge in [-0.2, -0.15) is 10.2 Å². The van der Waals surface area contributed by atoms with Crippen LogP contribution in [0.5, 0.6) is 11.6 Å². The highest BCUT2D eigenvalue weighted by Gasteiger charge is 2.22. The van der Waals surface area contributed by atoms with Crippen molar-refractivity contribution in [2.45, 2.75) is 32.0 Å². The number of benzene rings is 1. The molecule has 6 heteroatoms. The van der Waals surface area contributed by atoms with Gasteiger partial charge < -0.3 is 10.1 Å². The summed E-state index contributed by atoms with van der Waals surface area (Å²) in [6, 6.07) is 5.87. The zero-order chi connectivity index (χ0) is 16.4. The quantitative estimate of drug-likeness (QED) is 0.690. The molecule has 1 aliphatic rings. The first-order valence-corrected chi connectivity index (χ1v) is 8.79. The second-order valence-corrected chi connectivity index (χ2v) is 6.40. The van der Waals surface area contributed by atoms with Crippen LogP contribution in [0.25, 0.3) is 0 Å². The van der Waals surface area contributed by atoms with Crippen molar-refractivity contribution in [3.8, 4) is 17.7 Å². The first kappa shape index (κ1) is 15.8. The number of ether oxygens (including phenoxy) is 1. The summed E-state index contributed by atoms with van der Waals surface area (Å²) in [5.41, 5.74) is 4.71. The molecule has 3 rings (SSSR count). The molecule has 2 N–H and O–H groups in total. The van der Waals surface area contributed by atoms with E-state index in [1.807, 2.05) is 32.2 Å². The lowest BCUT2D eigenvalue weighted by molar-refractivity contribution is -0.673. The van der Waals surface area contributed by atoms with Gasteiger partial charge in [-0.1, -0.05) is 11.8 Å². The van der Waals surface area contributed by atoms with E-state index in [1.165, 1.54) is 11.8 Å². The number of nitriles is 1. The zero-order valence-corrected chi connectivity index (χ0v) is 14.3. The van der Waals surface area contributed by atoms with Gasteiger partial charge in [0.2, 0.25) is 5.88 Å². The van der Waals surface area contributed by atoms with Gasteiger partial charge in [-0.3, -0.25) is 0 Å². The number of rotatable bonds is 3. The molecule has 0 aliphatic carbocycles. The first-order valence-electron chi connectivity index (χ1n) is 7.57. The summed E-state index contributed by atoms with van der Waals surface area (Å²) in [5, 5.41) is 12.1. The number of aryl methyl sites for hydroxylation is 2. The molecule has 0 bridgehead atoms. The van der Waals surface area contributed by atoms with Gasteiger partial charge in [-0.25, -0.2) is 4.98 Å². The van der Waals surface area contributed by atoms with Crippen molar-refractivity contribution in [1.29, 1.82) is 5.26 Å². The molecule has 0 spiro atoms. The second-order valence-electron chi connectivity index (χ2n) is 5.63. The molecular weight excluding hydrogens is 308 g/mol. The van der Waals surface area contributed by atoms with Crippen LogP contribution in [0, 0.1) is 25.2 Å². The highest BCUT2D eigenvalue weighted by Crippen LogP contribution is 2.32. The molecule has 0 amide bonds. The number of nitrogens with zero attached hydrogens (tertiary/aromatic N) is 3. The lowest BCUT2D eigenvalue weighted by atomic mass is 10.1. The van der Waals surface area contributed by atoms with Crippen LogP contribution < -0.4 is 10.1 Å². The maximum Gasteiger partial charge on any atom is 0.232 e. The molecule has 0 saturated carbocycles. The Morgan fingerprint density at radius 1 is 1.26 bits per heavy atom. The predicted molar refractivity (Wildman–Crippen MR) is 88.7 cm³/mol. The fourth-order valence-electron chi connectivity index (χ4n) is 2.83. The molecule has 23 heavy (non-hydrogen) atoms. The van der Waals surface area contributed by atoms with Crippen LogP contribution in [0.2, 0.25) is 0 Å². The molecule has 0 atom stereocenters. The third-order valence-electron chi connectivity index (χ3n) is 3.94. The van der Waals surface area contributed by atoms with Crippen molar-refractivity contribution in [3.63, 3.8) is 0 Å². The Hall–Kier alpha value is -2.10. The molecular formula is C17H19N4OS+. The first-order chi connectivity index (χ1) is 11.1. The zero-order valence-electron chi connectivity index (χ0n) is 13.5. The predicted octanol–water partition coefficient (Wildman–Crippen LogP) is 2.10. The normalized spacial score (nSPS) is 13.3. The fraction of sp³-hybridized carbons (Fsp3) is 0.353. The average molecular weight is 327 g/mol. The summed E-state index contributed by atoms with van der Waals surface area (Å²) in [6.07, 6.45) is 2.91. The van der Waals surface area contributed by atoms with Crippen molar-refractivity contribution < 1.29 is 10.1 Å². The molecule has 0 radical (unpaired) electrons. The summed E-state index contributed by atoms with van der Waals surface area (Å²) in [7, 11) is 0. The van der Waals surface area contributed by atoms with Gasteiger partial charge in [0.05, 0.1) is 29.4 Å². The molecule has 0 unspecified atom stereocenters. The van der Waals surface area contributed by atoms with Crippen LogP contribution in [-0.2, 0) is 13.0 Å². The van der Waals surface area contributed by atoms with Gasteiger partial charge >= 0.3 is 0 Å². The van der Waals surface area contributed by atoms with Crippen LogP contribution in [0.4, 0.5) is 0 Å². The number of nitrogens with two attached hydrogens (primary N) is 1. The molecule has 2 aromatic rings. The Morgan fingerprint density at radius 2 is 2.00 bits per heavy atom. The molecule has 5 nitrogen and oxygen atoms in total. The molecule has 1 aromatic carbocycles. The fourth-order valence-corrected chi connectivity index (χ4v) is 3.21. The van der Waals surface area contributed by atoms with Crippen LogP contribution in [0.3, 0.4) is 0 Å². The molecule has 0 saturated heterocycles. The van der Waals surface area contributed by atoms with Gasteiger partial charge in [-0.05, 0) is 43.4 Å². The van der Waals surface area contributed by atoms with Gasteiger partial charge in [0.1, 0.15) is 12.3 Å². The highest BCUT2D eigenvalue weighted by atomic mass is 32.2. The van der Waals surface area contributed by atoms with Crippen LogP contribution >= 0.6 is 11.8 Å². The van der Waals surface area contributed by atoms with Crippen LogP contribution in [0.1, 0.15) is 27.9 Å². The minimum absolute atomic E-state index is 0.645. The minimum atomic E-state index is 0.645. The summed E-state index contributed by atoms with van der Waals surface area (Å²) >= 11 is 1.53. The van der Waals surface area contributed by atoms with Gasteiger partial charge in [0.15, 0.2) is 5.16 Å². The average Bonchev–Trinajstić information content (AvgIpc) is 2.57. The monoisotopic (exact) mass is 327 g/mol. The maximum atomic E-state index is 9.08. The van der Waals surface area contributed by atoms with E-state index >= 15 is 0 Å². The molecule has 1 aromatic heterocycles. The third kappa shape index (κ3) is 3.16. The van der Waals surface area contributed by atoms with Crippen LogP contribution in [0.15, 0.2) is 17.3 Å². The van der Waals surface area contributed by atoms with E-state index < -0.39 is 0 Å². The van der Waals surface area contributed by atoms with E-state index in [-0.39, 0.29) is 0 Å². The smallest absolute Gasteiger partial charge is 0.232 e. The van der Waals surface area contributed by atoms with Gasteiger partial charge in [0.25, 0.3) is 0 Å². The number of aromatic nitrogens is 2. The maximum absolute atomic E-state index is 9.08. The van der Waals surface area contributed by atoms with Gasteiger partial charge in [0, 0.05) is 6.42 Å². The Balaban J connectivity index is 2.05. The molecule has 0 fully saturated rings. The Morgan fingerprint density at radius 3 is 2.65 bits per heavy atom. The van der Waals surface area contributed by atoms with Crippen molar-refractivity contribution >= 4 is 11.8 Å². The summed E-state index contributed by atoms with van der Waals surface area (Å²) in [4.78, 5) is 9.18. The van der Waals surface area contributed by atoms with E-state index in [1.54, 1.807) is 0 Å². The van der Waals surface area contributed by atoms with Crippen molar-refractivity contribution in [1.82, 2.24) is 9.97 Å². The standard InChI is InChI=1S/C17H18N4OS/c1-10-6-12(8-18)7-11(2)15(10)22-16-13-9-19-5-4-14(13)20-17(21-16)23-3/h6-7,19H,4-5,9H2,1-3H3/p+1. The van der Waals surface area contributed by atoms with E-state index in [4.69, 9.17) is 10.00 Å². The Labute approximate surface area is 140 Å². The topological polar surface area (TPSA) is 75.4 Å². The number of fused-ring (bicyclic) bond motifs is 1. The molecule has 2 heterocycles. The summed E-state index contributed by atoms with van der Waals surface area (Å²) in [5.74, 6) is 1.42. The van der Waals surface area contributed by atoms with Crippen molar-refractivity contribution in [2.24, 2.45) is 0 Å². The number of hydrogen-bond acceptors (Lipinski definition) is 5. The lowest BCUT2D eigenvalue weighted by Crippen LogP contribution is -2.84. The van der Waals surface area contributed by atoms with Crippen molar-refractivity contribution in [3.05, 3.63) is 40.1 Å². The summed E-state index contributed by atoms with van der Waals surface area (Å²) < 4.78 is 6.19. The van der Waals surface area contributed by atoms with E-state index in [2.05, 4.69) is 21.4 Å². The third-order valence-corrected chi connectivity index (χ3v) is 4.49. The molecule has 1 aliphatic heterocycles. The molecule has 118 valence electrons. The number of thioether (sulfide) groups is 1. The van der Waals surface area contributed by atoms with Crippen LogP contribution in [-0.4, -0.2) is 22.8 Å². The number of quaternary nitrogens is 1. The summed E-state index contributed by atoms with van der Waals surface area (Å²) in [6.45, 7) is 5.80. The lowest BCUT2D eigenvalue weighted by Gasteiger charge is -2.19. The Bertz CT molecular complexity index is 775. The minimum Gasteiger partial charge on any atom is -0.438 e. The number of hydrogen-bond donors (Lipinski definition) is 1. The van der Waals surface area contributed by atoms with E-state index in [0.29, 0.717) is 11.4 Å². The Kier molecular flexibility index (Phi) is 4.51. The highest BCUT2D eigenvalue weighted by molar-refractivity contribution is 7.98. The second kappa shape index (κ2) is 6.57. The van der Waals surface area contributed by atoms with Crippen molar-refractivity contribution in [2.75, 3.05) is 12.8 Å². The largest absolute Gasteiger partial charge is 0.438 e.